The maximum atomic E-state index is 12.4. The van der Waals surface area contributed by atoms with Crippen molar-refractivity contribution in [3.63, 3.8) is 0 Å². The normalized spacial score (nSPS) is 27.7. The Morgan fingerprint density at radius 3 is 2.45 bits per heavy atom. The van der Waals surface area contributed by atoms with Gasteiger partial charge in [-0.2, -0.15) is 21.6 Å². The third kappa shape index (κ3) is 2.77. The number of alkyl halides is 3. The average Bonchev–Trinajstić information content (AvgIpc) is 2.32. The summed E-state index contributed by atoms with van der Waals surface area (Å²) < 4.78 is 68.0. The number of hydrogen-bond acceptors (Lipinski definition) is 5. The summed E-state index contributed by atoms with van der Waals surface area (Å²) in [5, 5.41) is 0. The molecular formula is C11H15F3O5S. The van der Waals surface area contributed by atoms with Gasteiger partial charge in [0.05, 0.1) is 7.11 Å². The fraction of sp³-hybridized carbons (Fsp3) is 0.727. The van der Waals surface area contributed by atoms with E-state index in [1.54, 1.807) is 6.92 Å². The van der Waals surface area contributed by atoms with E-state index < -0.39 is 38.7 Å². The fourth-order valence-electron chi connectivity index (χ4n) is 2.01. The molecule has 0 saturated heterocycles. The molecule has 1 rings (SSSR count). The minimum Gasteiger partial charge on any atom is -0.468 e. The summed E-state index contributed by atoms with van der Waals surface area (Å²) in [4.78, 5) is 11.8. The second-order valence-corrected chi connectivity index (χ2v) is 6.26. The van der Waals surface area contributed by atoms with Crippen LogP contribution in [0, 0.1) is 11.3 Å². The van der Waals surface area contributed by atoms with Gasteiger partial charge in [-0.05, 0) is 31.8 Å². The van der Waals surface area contributed by atoms with E-state index in [4.69, 9.17) is 0 Å². The molecule has 0 bridgehead atoms. The van der Waals surface area contributed by atoms with Gasteiger partial charge in [-0.1, -0.05) is 6.92 Å². The number of hydrogen-bond donors (Lipinski definition) is 0. The summed E-state index contributed by atoms with van der Waals surface area (Å²) in [6.45, 7) is 2.92. The molecule has 0 N–H and O–H groups in total. The van der Waals surface area contributed by atoms with E-state index in [0.717, 1.165) is 7.11 Å². The summed E-state index contributed by atoms with van der Waals surface area (Å²) in [5.74, 6) is -1.80. The lowest BCUT2D eigenvalue weighted by Gasteiger charge is -2.36. The topological polar surface area (TPSA) is 69.7 Å². The number of carbonyl (C=O) groups excluding carboxylic acids is 1. The van der Waals surface area contributed by atoms with Crippen LogP contribution in [-0.2, 0) is 23.8 Å². The van der Waals surface area contributed by atoms with Crippen molar-refractivity contribution in [3.05, 3.63) is 11.8 Å². The standard InChI is InChI=1S/C11H15F3O5S/c1-7-5-4-6-8(10(7,2)9(15)18-3)19-20(16,17)11(12,13)14/h6-7H,4-5H2,1-3H3/t7-,10-/m1/s1. The molecule has 0 aromatic heterocycles. The first-order valence-corrected chi connectivity index (χ1v) is 7.17. The highest BCUT2D eigenvalue weighted by Gasteiger charge is 2.54. The Morgan fingerprint density at radius 2 is 2.00 bits per heavy atom. The summed E-state index contributed by atoms with van der Waals surface area (Å²) in [6.07, 6.45) is 2.00. The third-order valence-corrected chi connectivity index (χ3v) is 4.49. The maximum Gasteiger partial charge on any atom is 0.534 e. The van der Waals surface area contributed by atoms with Gasteiger partial charge in [0.1, 0.15) is 11.2 Å². The van der Waals surface area contributed by atoms with Gasteiger partial charge in [0.2, 0.25) is 0 Å². The minimum atomic E-state index is -5.81. The molecule has 1 aliphatic carbocycles. The maximum absolute atomic E-state index is 12.4. The van der Waals surface area contributed by atoms with Crippen LogP contribution in [0.1, 0.15) is 26.7 Å². The number of rotatable bonds is 3. The Hall–Kier alpha value is -1.25. The van der Waals surface area contributed by atoms with Gasteiger partial charge in [-0.15, -0.1) is 0 Å². The van der Waals surface area contributed by atoms with Crippen LogP contribution in [0.25, 0.3) is 0 Å². The number of halogens is 3. The predicted octanol–water partition coefficient (Wildman–Crippen LogP) is 2.35. The van der Waals surface area contributed by atoms with Crippen molar-refractivity contribution in [1.82, 2.24) is 0 Å². The van der Waals surface area contributed by atoms with Crippen molar-refractivity contribution in [2.24, 2.45) is 11.3 Å². The smallest absolute Gasteiger partial charge is 0.468 e. The van der Waals surface area contributed by atoms with Gasteiger partial charge in [0.15, 0.2) is 0 Å². The van der Waals surface area contributed by atoms with Crippen molar-refractivity contribution in [3.8, 4) is 0 Å². The quantitative estimate of drug-likeness (QED) is 0.454. The molecule has 0 amide bonds. The van der Waals surface area contributed by atoms with Crippen LogP contribution >= 0.6 is 0 Å². The monoisotopic (exact) mass is 316 g/mol. The van der Waals surface area contributed by atoms with Crippen LogP contribution < -0.4 is 0 Å². The highest BCUT2D eigenvalue weighted by Crippen LogP contribution is 2.45. The molecule has 0 heterocycles. The van der Waals surface area contributed by atoms with Crippen molar-refractivity contribution >= 4 is 16.1 Å². The fourth-order valence-corrected chi connectivity index (χ4v) is 2.58. The van der Waals surface area contributed by atoms with E-state index in [1.807, 2.05) is 0 Å². The molecule has 2 atom stereocenters. The summed E-state index contributed by atoms with van der Waals surface area (Å²) in [7, 11) is -4.74. The molecule has 0 aliphatic heterocycles. The van der Waals surface area contributed by atoms with Gasteiger partial charge in [-0.25, -0.2) is 0 Å². The second kappa shape index (κ2) is 5.27. The van der Waals surface area contributed by atoms with Crippen LogP contribution in [0.3, 0.4) is 0 Å². The van der Waals surface area contributed by atoms with E-state index in [0.29, 0.717) is 12.8 Å². The van der Waals surface area contributed by atoms with Gasteiger partial charge < -0.3 is 8.92 Å². The molecule has 9 heteroatoms. The number of allylic oxidation sites excluding steroid dienone is 1. The minimum absolute atomic E-state index is 0.316. The van der Waals surface area contributed by atoms with Crippen LogP contribution in [0.4, 0.5) is 13.2 Å². The Balaban J connectivity index is 3.22. The predicted molar refractivity (Wildman–Crippen MR) is 62.7 cm³/mol. The molecule has 0 unspecified atom stereocenters. The zero-order valence-corrected chi connectivity index (χ0v) is 12.0. The van der Waals surface area contributed by atoms with Crippen LogP contribution in [-0.4, -0.2) is 27.0 Å². The first-order valence-electron chi connectivity index (χ1n) is 5.76. The molecule has 0 spiro atoms. The van der Waals surface area contributed by atoms with Gasteiger partial charge >= 0.3 is 21.6 Å². The van der Waals surface area contributed by atoms with Crippen molar-refractivity contribution in [2.45, 2.75) is 32.2 Å². The summed E-state index contributed by atoms with van der Waals surface area (Å²) in [5.41, 5.74) is -7.11. The highest BCUT2D eigenvalue weighted by atomic mass is 32.2. The molecule has 0 fully saturated rings. The molecule has 1 aliphatic rings. The van der Waals surface area contributed by atoms with Gasteiger partial charge in [0, 0.05) is 0 Å². The second-order valence-electron chi connectivity index (χ2n) is 4.72. The van der Waals surface area contributed by atoms with Crippen LogP contribution in [0.15, 0.2) is 11.8 Å². The molecule has 0 radical (unpaired) electrons. The van der Waals surface area contributed by atoms with E-state index in [9.17, 15) is 26.4 Å². The third-order valence-electron chi connectivity index (χ3n) is 3.52. The van der Waals surface area contributed by atoms with E-state index in [1.165, 1.54) is 13.0 Å². The van der Waals surface area contributed by atoms with Crippen LogP contribution in [0.2, 0.25) is 0 Å². The molecule has 20 heavy (non-hydrogen) atoms. The van der Waals surface area contributed by atoms with E-state index >= 15 is 0 Å². The van der Waals surface area contributed by atoms with Gasteiger partial charge in [0.25, 0.3) is 0 Å². The molecule has 0 aromatic rings. The lowest BCUT2D eigenvalue weighted by atomic mass is 9.71. The van der Waals surface area contributed by atoms with E-state index in [2.05, 4.69) is 8.92 Å². The Bertz CT molecular complexity index is 523. The molecular weight excluding hydrogens is 301 g/mol. The Morgan fingerprint density at radius 1 is 1.45 bits per heavy atom. The average molecular weight is 316 g/mol. The molecule has 116 valence electrons. The van der Waals surface area contributed by atoms with E-state index in [-0.39, 0.29) is 0 Å². The zero-order chi connectivity index (χ0) is 15.8. The Labute approximate surface area is 114 Å². The number of esters is 1. The molecule has 5 nitrogen and oxygen atoms in total. The first-order chi connectivity index (χ1) is 8.96. The van der Waals surface area contributed by atoms with Crippen molar-refractivity contribution in [2.75, 3.05) is 7.11 Å². The Kier molecular flexibility index (Phi) is 4.42. The largest absolute Gasteiger partial charge is 0.534 e. The molecule has 0 saturated carbocycles. The van der Waals surface area contributed by atoms with Crippen molar-refractivity contribution < 1.29 is 35.3 Å². The van der Waals surface area contributed by atoms with Crippen LogP contribution in [0.5, 0.6) is 0 Å². The SMILES string of the molecule is COC(=O)[C@@]1(C)C(OS(=O)(=O)C(F)(F)F)=CCC[C@H]1C. The van der Waals surface area contributed by atoms with Gasteiger partial charge in [-0.3, -0.25) is 4.79 Å². The molecule has 0 aromatic carbocycles. The first kappa shape index (κ1) is 16.8. The summed E-state index contributed by atoms with van der Waals surface area (Å²) in [6, 6.07) is 0. The number of ether oxygens (including phenoxy) is 1. The highest BCUT2D eigenvalue weighted by molar-refractivity contribution is 7.87. The zero-order valence-electron chi connectivity index (χ0n) is 11.2. The number of carbonyl (C=O) groups is 1. The van der Waals surface area contributed by atoms with Crippen molar-refractivity contribution in [1.29, 1.82) is 0 Å². The lowest BCUT2D eigenvalue weighted by molar-refractivity contribution is -0.154. The number of methoxy groups -OCH3 is 1. The lowest BCUT2D eigenvalue weighted by Crippen LogP contribution is -2.42. The summed E-state index contributed by atoms with van der Waals surface area (Å²) >= 11 is 0.